The van der Waals surface area contributed by atoms with Gasteiger partial charge in [-0.1, -0.05) is 59.6 Å². The molecule has 0 saturated carbocycles. The molecule has 6 nitrogen and oxygen atoms in total. The zero-order valence-corrected chi connectivity index (χ0v) is 19.0. The lowest BCUT2D eigenvalue weighted by atomic mass is 10.1. The van der Waals surface area contributed by atoms with Gasteiger partial charge < -0.3 is 4.18 Å². The van der Waals surface area contributed by atoms with Crippen molar-refractivity contribution < 1.29 is 17.4 Å². The number of anilines is 1. The first-order valence-corrected chi connectivity index (χ1v) is 11.6. The normalized spacial score (nSPS) is 15.2. The van der Waals surface area contributed by atoms with Gasteiger partial charge in [0.05, 0.1) is 27.0 Å². The van der Waals surface area contributed by atoms with Gasteiger partial charge in [0.15, 0.2) is 5.75 Å². The Morgan fingerprint density at radius 3 is 2.09 bits per heavy atom. The molecule has 0 unspecified atom stereocenters. The summed E-state index contributed by atoms with van der Waals surface area (Å²) in [5, 5.41) is 5.62. The van der Waals surface area contributed by atoms with Crippen LogP contribution in [-0.2, 0) is 14.9 Å². The number of carbonyl (C=O) groups excluding carboxylic acids is 1. The maximum atomic E-state index is 12.9. The van der Waals surface area contributed by atoms with Crippen LogP contribution >= 0.6 is 23.2 Å². The molecular weight excluding hydrogens is 471 g/mol. The molecule has 0 spiro atoms. The first-order chi connectivity index (χ1) is 15.3. The summed E-state index contributed by atoms with van der Waals surface area (Å²) in [5.74, 6) is -0.485. The van der Waals surface area contributed by atoms with Crippen LogP contribution in [0.2, 0.25) is 10.0 Å². The monoisotopic (exact) mass is 486 g/mol. The molecule has 3 aromatic rings. The van der Waals surface area contributed by atoms with Gasteiger partial charge in [-0.3, -0.25) is 4.79 Å². The van der Waals surface area contributed by atoms with Crippen LogP contribution in [0, 0.1) is 0 Å². The number of carbonyl (C=O) groups is 1. The fourth-order valence-corrected chi connectivity index (χ4v) is 4.74. The standard InChI is InChI=1S/C23H16Cl2N2O4S/c1-15-19(23(28)27(26-15)17-8-4-2-5-9-17)12-16-13-20(24)22(21(25)14-16)31-32(29,30)18-10-6-3-7-11-18/h2-14H,1H3/b19-12+. The molecule has 3 aromatic carbocycles. The van der Waals surface area contributed by atoms with Crippen LogP contribution in [-0.4, -0.2) is 20.0 Å². The Hall–Kier alpha value is -3.13. The number of hydrazone groups is 1. The maximum Gasteiger partial charge on any atom is 0.339 e. The summed E-state index contributed by atoms with van der Waals surface area (Å²) >= 11 is 12.6. The molecule has 1 heterocycles. The second-order valence-electron chi connectivity index (χ2n) is 6.86. The van der Waals surface area contributed by atoms with Crippen molar-refractivity contribution in [2.75, 3.05) is 5.01 Å². The van der Waals surface area contributed by atoms with Gasteiger partial charge in [-0.05, 0) is 55.0 Å². The van der Waals surface area contributed by atoms with Crippen LogP contribution in [0.4, 0.5) is 5.69 Å². The third-order valence-electron chi connectivity index (χ3n) is 4.62. The topological polar surface area (TPSA) is 76.0 Å². The first kappa shape index (κ1) is 22.1. The molecule has 0 bridgehead atoms. The summed E-state index contributed by atoms with van der Waals surface area (Å²) in [6.07, 6.45) is 1.59. The number of amides is 1. The molecule has 0 fully saturated rings. The summed E-state index contributed by atoms with van der Waals surface area (Å²) in [7, 11) is -4.11. The third-order valence-corrected chi connectivity index (χ3v) is 6.42. The molecule has 0 saturated heterocycles. The molecule has 1 aliphatic heterocycles. The minimum Gasteiger partial charge on any atom is -0.376 e. The maximum absolute atomic E-state index is 12.9. The second-order valence-corrected chi connectivity index (χ2v) is 9.22. The lowest BCUT2D eigenvalue weighted by Crippen LogP contribution is -2.21. The Morgan fingerprint density at radius 2 is 1.50 bits per heavy atom. The SMILES string of the molecule is CC1=NN(c2ccccc2)C(=O)/C1=C/c1cc(Cl)c(OS(=O)(=O)c2ccccc2)c(Cl)c1. The molecule has 1 aliphatic rings. The minimum atomic E-state index is -4.11. The Labute approximate surface area is 195 Å². The van der Waals surface area contributed by atoms with Crippen LogP contribution in [0.1, 0.15) is 12.5 Å². The van der Waals surface area contributed by atoms with Crippen molar-refractivity contribution in [2.45, 2.75) is 11.8 Å². The Kier molecular flexibility index (Phi) is 6.06. The molecule has 0 aliphatic carbocycles. The lowest BCUT2D eigenvalue weighted by molar-refractivity contribution is -0.114. The van der Waals surface area contributed by atoms with Gasteiger partial charge in [0.25, 0.3) is 5.91 Å². The van der Waals surface area contributed by atoms with Crippen LogP contribution in [0.25, 0.3) is 6.08 Å². The zero-order valence-electron chi connectivity index (χ0n) is 16.7. The number of benzene rings is 3. The van der Waals surface area contributed by atoms with E-state index in [9.17, 15) is 13.2 Å². The summed E-state index contributed by atoms with van der Waals surface area (Å²) in [6.45, 7) is 1.72. The van der Waals surface area contributed by atoms with Crippen molar-refractivity contribution in [3.05, 3.63) is 94.0 Å². The van der Waals surface area contributed by atoms with Gasteiger partial charge in [-0.25, -0.2) is 0 Å². The van der Waals surface area contributed by atoms with E-state index in [0.717, 1.165) is 0 Å². The number of hydrogen-bond acceptors (Lipinski definition) is 5. The van der Waals surface area contributed by atoms with Crippen LogP contribution in [0.3, 0.4) is 0 Å². The summed E-state index contributed by atoms with van der Waals surface area (Å²) in [5.41, 5.74) is 2.04. The van der Waals surface area contributed by atoms with Crippen molar-refractivity contribution >= 4 is 56.7 Å². The largest absolute Gasteiger partial charge is 0.376 e. The number of hydrogen-bond donors (Lipinski definition) is 0. The van der Waals surface area contributed by atoms with E-state index >= 15 is 0 Å². The van der Waals surface area contributed by atoms with Crippen molar-refractivity contribution in [1.82, 2.24) is 0 Å². The van der Waals surface area contributed by atoms with E-state index in [1.54, 1.807) is 43.3 Å². The molecule has 0 aromatic heterocycles. The van der Waals surface area contributed by atoms with E-state index < -0.39 is 10.1 Å². The molecule has 9 heteroatoms. The van der Waals surface area contributed by atoms with E-state index in [0.29, 0.717) is 22.5 Å². The number of halogens is 2. The van der Waals surface area contributed by atoms with Crippen LogP contribution in [0.5, 0.6) is 5.75 Å². The number of para-hydroxylation sites is 1. The fraction of sp³-hybridized carbons (Fsp3) is 0.0435. The van der Waals surface area contributed by atoms with Crippen LogP contribution in [0.15, 0.2) is 88.4 Å². The summed E-state index contributed by atoms with van der Waals surface area (Å²) < 4.78 is 30.2. The van der Waals surface area contributed by atoms with E-state index in [1.807, 2.05) is 18.2 Å². The van der Waals surface area contributed by atoms with Gasteiger partial charge in [0.2, 0.25) is 0 Å². The van der Waals surface area contributed by atoms with Gasteiger partial charge in [-0.15, -0.1) is 0 Å². The van der Waals surface area contributed by atoms with E-state index in [2.05, 4.69) is 5.10 Å². The molecule has 0 radical (unpaired) electrons. The first-order valence-electron chi connectivity index (χ1n) is 9.41. The quantitative estimate of drug-likeness (QED) is 0.349. The Balaban J connectivity index is 1.63. The van der Waals surface area contributed by atoms with E-state index in [4.69, 9.17) is 27.4 Å². The highest BCUT2D eigenvalue weighted by atomic mass is 35.5. The smallest absolute Gasteiger partial charge is 0.339 e. The molecule has 4 rings (SSSR count). The van der Waals surface area contributed by atoms with Crippen molar-refractivity contribution in [3.8, 4) is 5.75 Å². The number of rotatable bonds is 5. The van der Waals surface area contributed by atoms with Crippen molar-refractivity contribution in [3.63, 3.8) is 0 Å². The second kappa shape index (κ2) is 8.78. The van der Waals surface area contributed by atoms with Gasteiger partial charge >= 0.3 is 10.1 Å². The molecule has 0 atom stereocenters. The highest BCUT2D eigenvalue weighted by molar-refractivity contribution is 7.87. The molecular formula is C23H16Cl2N2O4S. The van der Waals surface area contributed by atoms with Crippen LogP contribution < -0.4 is 9.19 Å². The molecule has 1 amide bonds. The molecule has 32 heavy (non-hydrogen) atoms. The lowest BCUT2D eigenvalue weighted by Gasteiger charge is -2.12. The Bertz CT molecular complexity index is 1330. The van der Waals surface area contributed by atoms with Gasteiger partial charge in [0, 0.05) is 0 Å². The average Bonchev–Trinajstić information content (AvgIpc) is 3.06. The average molecular weight is 487 g/mol. The number of nitrogens with zero attached hydrogens (tertiary/aromatic N) is 2. The highest BCUT2D eigenvalue weighted by Crippen LogP contribution is 2.37. The molecule has 0 N–H and O–H groups in total. The van der Waals surface area contributed by atoms with E-state index in [-0.39, 0.29) is 26.6 Å². The third kappa shape index (κ3) is 4.41. The van der Waals surface area contributed by atoms with Crippen molar-refractivity contribution in [1.29, 1.82) is 0 Å². The molecule has 162 valence electrons. The van der Waals surface area contributed by atoms with Gasteiger partial charge in [0.1, 0.15) is 4.90 Å². The Morgan fingerprint density at radius 1 is 0.938 bits per heavy atom. The van der Waals surface area contributed by atoms with Crippen molar-refractivity contribution in [2.24, 2.45) is 5.10 Å². The summed E-state index contributed by atoms with van der Waals surface area (Å²) in [4.78, 5) is 12.8. The predicted octanol–water partition coefficient (Wildman–Crippen LogP) is 5.57. The summed E-state index contributed by atoms with van der Waals surface area (Å²) in [6, 6.07) is 19.7. The minimum absolute atomic E-state index is 0.0104. The van der Waals surface area contributed by atoms with Gasteiger partial charge in [-0.2, -0.15) is 18.5 Å². The zero-order chi connectivity index (χ0) is 22.9. The fourth-order valence-electron chi connectivity index (χ4n) is 3.08. The highest BCUT2D eigenvalue weighted by Gasteiger charge is 2.29. The van der Waals surface area contributed by atoms with E-state index in [1.165, 1.54) is 29.3 Å². The predicted molar refractivity (Wildman–Crippen MR) is 126 cm³/mol.